The van der Waals surface area contributed by atoms with Crippen LogP contribution in [0.4, 0.5) is 4.79 Å². The van der Waals surface area contributed by atoms with E-state index in [1.165, 1.54) is 101 Å². The Hall–Kier alpha value is -1.46. The van der Waals surface area contributed by atoms with Crippen molar-refractivity contribution in [3.63, 3.8) is 0 Å². The summed E-state index contributed by atoms with van der Waals surface area (Å²) in [6, 6.07) is -1.43. The van der Waals surface area contributed by atoms with Crippen LogP contribution in [0.3, 0.4) is 0 Å². The summed E-state index contributed by atoms with van der Waals surface area (Å²) in [4.78, 5) is 27.2. The van der Waals surface area contributed by atoms with Gasteiger partial charge in [0.05, 0.1) is 13.2 Å². The number of nitrogens with zero attached hydrogens (tertiary/aromatic N) is 1. The number of nitrogens with two attached hydrogens (primary N) is 1. The predicted octanol–water partition coefficient (Wildman–Crippen LogP) is 5.50. The Morgan fingerprint density at radius 2 is 1.13 bits per heavy atom. The number of ether oxygens (including phenoxy) is 1. The maximum Gasteiger partial charge on any atom is 0.319 e. The molecule has 0 aliphatic carbocycles. The number of rotatable bonds is 28. The molecule has 0 spiro atoms. The van der Waals surface area contributed by atoms with Crippen molar-refractivity contribution in [2.45, 2.75) is 186 Å². The van der Waals surface area contributed by atoms with Gasteiger partial charge in [0.1, 0.15) is 24.4 Å². The van der Waals surface area contributed by atoms with Crippen LogP contribution in [0.25, 0.3) is 0 Å². The molecule has 0 saturated carbocycles. The van der Waals surface area contributed by atoms with Crippen LogP contribution in [0.15, 0.2) is 0 Å². The number of hydrogen-bond acceptors (Lipinski definition) is 7. The summed E-state index contributed by atoms with van der Waals surface area (Å²) in [5, 5.41) is 36.8. The van der Waals surface area contributed by atoms with Gasteiger partial charge in [-0.05, 0) is 12.8 Å². The van der Waals surface area contributed by atoms with Crippen LogP contribution in [0.2, 0.25) is 0 Å². The van der Waals surface area contributed by atoms with E-state index in [1.807, 2.05) is 0 Å². The van der Waals surface area contributed by atoms with E-state index in [0.29, 0.717) is 13.1 Å². The molecule has 1 aliphatic rings. The molecule has 0 unspecified atom stereocenters. The summed E-state index contributed by atoms with van der Waals surface area (Å²) < 4.78 is 5.97. The van der Waals surface area contributed by atoms with Crippen LogP contribution in [0, 0.1) is 0 Å². The Morgan fingerprint density at radius 3 is 1.58 bits per heavy atom. The molecule has 0 bridgehead atoms. The number of carbonyl (C=O) groups is 2. The number of hydrogen-bond donors (Lipinski definition) is 6. The highest BCUT2D eigenvalue weighted by atomic mass is 16.5. The standard InChI is InChI=1S/C35H70N4O6/c1-3-5-7-9-11-13-15-16-18-20-22-24-26-39(35(44)37-25-23-21-19-17-14-12-10-8-6-4-2)34-31(38-30(41)27-36)33(43)32(42)29(28-40)45-34/h29,31-34,40,42-43H,3-28,36H2,1-2H3,(H,37,44)(H,38,41)/t29-,31-,32+,33-,34-/m1/s1. The third-order valence-corrected chi connectivity index (χ3v) is 9.04. The highest BCUT2D eigenvalue weighted by Gasteiger charge is 2.48. The van der Waals surface area contributed by atoms with Crippen molar-refractivity contribution in [2.75, 3.05) is 26.2 Å². The van der Waals surface area contributed by atoms with Gasteiger partial charge in [-0.2, -0.15) is 0 Å². The largest absolute Gasteiger partial charge is 0.394 e. The zero-order valence-electron chi connectivity index (χ0n) is 28.9. The number of carbonyl (C=O) groups excluding carboxylic acids is 2. The molecule has 0 radical (unpaired) electrons. The minimum atomic E-state index is -1.43. The van der Waals surface area contributed by atoms with Gasteiger partial charge in [-0.1, -0.05) is 142 Å². The third-order valence-electron chi connectivity index (χ3n) is 9.04. The molecule has 7 N–H and O–H groups in total. The van der Waals surface area contributed by atoms with Crippen molar-refractivity contribution in [3.05, 3.63) is 0 Å². The summed E-state index contributed by atoms with van der Waals surface area (Å²) in [6.45, 7) is 4.52. The van der Waals surface area contributed by atoms with Gasteiger partial charge in [0.15, 0.2) is 6.23 Å². The van der Waals surface area contributed by atoms with E-state index in [9.17, 15) is 24.9 Å². The van der Waals surface area contributed by atoms with Gasteiger partial charge in [-0.25, -0.2) is 4.79 Å². The van der Waals surface area contributed by atoms with Crippen molar-refractivity contribution in [1.29, 1.82) is 0 Å². The van der Waals surface area contributed by atoms with E-state index < -0.39 is 43.1 Å². The molecule has 1 rings (SSSR count). The lowest BCUT2D eigenvalue weighted by Crippen LogP contribution is -2.69. The predicted molar refractivity (Wildman–Crippen MR) is 182 cm³/mol. The number of aliphatic hydroxyl groups is 3. The fraction of sp³-hybridized carbons (Fsp3) is 0.943. The monoisotopic (exact) mass is 643 g/mol. The highest BCUT2D eigenvalue weighted by molar-refractivity contribution is 5.78. The normalized spacial score (nSPS) is 21.5. The van der Waals surface area contributed by atoms with E-state index in [-0.39, 0.29) is 12.6 Å². The first kappa shape index (κ1) is 41.6. The number of urea groups is 1. The van der Waals surface area contributed by atoms with Gasteiger partial charge in [0.2, 0.25) is 5.91 Å². The van der Waals surface area contributed by atoms with Crippen molar-refractivity contribution in [2.24, 2.45) is 5.73 Å². The molecule has 1 heterocycles. The zero-order chi connectivity index (χ0) is 33.1. The quantitative estimate of drug-likeness (QED) is 0.0615. The molecule has 0 aromatic heterocycles. The average molecular weight is 643 g/mol. The van der Waals surface area contributed by atoms with Gasteiger partial charge in [0, 0.05) is 13.1 Å². The number of unbranched alkanes of at least 4 members (excludes halogenated alkanes) is 20. The van der Waals surface area contributed by atoms with Crippen LogP contribution in [-0.4, -0.2) is 89.0 Å². The van der Waals surface area contributed by atoms with Gasteiger partial charge in [-0.15, -0.1) is 0 Å². The molecule has 5 atom stereocenters. The molecule has 45 heavy (non-hydrogen) atoms. The molecule has 10 heteroatoms. The lowest BCUT2D eigenvalue weighted by molar-refractivity contribution is -0.224. The minimum absolute atomic E-state index is 0.306. The van der Waals surface area contributed by atoms with E-state index in [2.05, 4.69) is 24.5 Å². The summed E-state index contributed by atoms with van der Waals surface area (Å²) in [6.07, 6.45) is 21.4. The van der Waals surface area contributed by atoms with Gasteiger partial charge in [-0.3, -0.25) is 9.69 Å². The first-order valence-corrected chi connectivity index (χ1v) is 18.6. The Kier molecular flexibility index (Phi) is 25.5. The molecule has 0 aromatic rings. The average Bonchev–Trinajstić information content (AvgIpc) is 3.04. The van der Waals surface area contributed by atoms with Crippen molar-refractivity contribution in [1.82, 2.24) is 15.5 Å². The van der Waals surface area contributed by atoms with Crippen LogP contribution in [0.5, 0.6) is 0 Å². The lowest BCUT2D eigenvalue weighted by atomic mass is 9.95. The Morgan fingerprint density at radius 1 is 0.689 bits per heavy atom. The van der Waals surface area contributed by atoms with Gasteiger partial charge < -0.3 is 36.4 Å². The second-order valence-electron chi connectivity index (χ2n) is 13.0. The van der Waals surface area contributed by atoms with Crippen LogP contribution in [-0.2, 0) is 9.53 Å². The second-order valence-corrected chi connectivity index (χ2v) is 13.0. The van der Waals surface area contributed by atoms with E-state index in [0.717, 1.165) is 44.9 Å². The molecule has 266 valence electrons. The molecular weight excluding hydrogens is 572 g/mol. The third kappa shape index (κ3) is 18.5. The van der Waals surface area contributed by atoms with Crippen molar-refractivity contribution >= 4 is 11.9 Å². The van der Waals surface area contributed by atoms with Crippen LogP contribution >= 0.6 is 0 Å². The summed E-state index contributed by atoms with van der Waals surface area (Å²) in [5.74, 6) is -0.529. The molecule has 0 aromatic carbocycles. The topological polar surface area (TPSA) is 157 Å². The molecular formula is C35H70N4O6. The van der Waals surface area contributed by atoms with Crippen molar-refractivity contribution in [3.8, 4) is 0 Å². The fourth-order valence-electron chi connectivity index (χ4n) is 6.14. The SMILES string of the molecule is CCCCCCCCCCCCCCN(C(=O)NCCCCCCCCCCCC)[C@@H]1O[C@H](CO)[C@H](O)[C@H](O)[C@H]1NC(=O)CN. The maximum atomic E-state index is 13.5. The van der Waals surface area contributed by atoms with E-state index in [1.54, 1.807) is 0 Å². The number of amides is 3. The second kappa shape index (κ2) is 27.6. The molecule has 3 amide bonds. The summed E-state index contributed by atoms with van der Waals surface area (Å²) in [5.41, 5.74) is 5.51. The Labute approximate surface area is 274 Å². The lowest BCUT2D eigenvalue weighted by Gasteiger charge is -2.46. The molecule has 1 fully saturated rings. The summed E-state index contributed by atoms with van der Waals surface area (Å²) >= 11 is 0. The number of aliphatic hydroxyl groups excluding tert-OH is 3. The molecule has 1 saturated heterocycles. The smallest absolute Gasteiger partial charge is 0.319 e. The van der Waals surface area contributed by atoms with Crippen LogP contribution in [0.1, 0.15) is 155 Å². The highest BCUT2D eigenvalue weighted by Crippen LogP contribution is 2.25. The van der Waals surface area contributed by atoms with E-state index >= 15 is 0 Å². The van der Waals surface area contributed by atoms with Crippen molar-refractivity contribution < 1.29 is 29.6 Å². The maximum absolute atomic E-state index is 13.5. The van der Waals surface area contributed by atoms with Gasteiger partial charge in [0.25, 0.3) is 0 Å². The first-order valence-electron chi connectivity index (χ1n) is 18.6. The molecule has 1 aliphatic heterocycles. The number of nitrogens with one attached hydrogen (secondary N) is 2. The minimum Gasteiger partial charge on any atom is -0.394 e. The first-order chi connectivity index (χ1) is 21.9. The zero-order valence-corrected chi connectivity index (χ0v) is 28.9. The summed E-state index contributed by atoms with van der Waals surface area (Å²) in [7, 11) is 0. The Balaban J connectivity index is 2.64. The Bertz CT molecular complexity index is 730. The van der Waals surface area contributed by atoms with E-state index in [4.69, 9.17) is 10.5 Å². The van der Waals surface area contributed by atoms with Crippen LogP contribution < -0.4 is 16.4 Å². The fourth-order valence-corrected chi connectivity index (χ4v) is 6.14. The van der Waals surface area contributed by atoms with Gasteiger partial charge >= 0.3 is 6.03 Å². The molecule has 10 nitrogen and oxygen atoms in total.